The summed E-state index contributed by atoms with van der Waals surface area (Å²) in [6.45, 7) is 11.9. The maximum atomic E-state index is 12.6. The second-order valence-corrected chi connectivity index (χ2v) is 9.05. The molecule has 1 aromatic heterocycles. The number of para-hydroxylation sites is 1. The molecular formula is C27H31N3O3. The van der Waals surface area contributed by atoms with Crippen molar-refractivity contribution in [1.29, 1.82) is 0 Å². The Hall–Kier alpha value is -3.54. The highest BCUT2D eigenvalue weighted by molar-refractivity contribution is 5.98. The summed E-state index contributed by atoms with van der Waals surface area (Å²) in [6.07, 6.45) is 5.09. The van der Waals surface area contributed by atoms with Crippen LogP contribution in [0.3, 0.4) is 0 Å². The maximum Gasteiger partial charge on any atom is 0.307 e. The molecular weight excluding hydrogens is 414 g/mol. The number of benzene rings is 2. The van der Waals surface area contributed by atoms with E-state index in [0.717, 1.165) is 29.5 Å². The lowest BCUT2D eigenvalue weighted by atomic mass is 9.87. The fraction of sp³-hybridized carbons (Fsp3) is 0.333. The smallest absolute Gasteiger partial charge is 0.307 e. The second kappa shape index (κ2) is 8.77. The summed E-state index contributed by atoms with van der Waals surface area (Å²) in [5, 5.41) is 5.00. The summed E-state index contributed by atoms with van der Waals surface area (Å²) in [6, 6.07) is 11.6. The molecule has 1 N–H and O–H groups in total. The first-order valence-electron chi connectivity index (χ1n) is 11.3. The predicted octanol–water partition coefficient (Wildman–Crippen LogP) is 5.93. The first-order valence-corrected chi connectivity index (χ1v) is 11.3. The second-order valence-electron chi connectivity index (χ2n) is 9.05. The lowest BCUT2D eigenvalue weighted by Gasteiger charge is -2.43. The molecule has 6 heteroatoms. The van der Waals surface area contributed by atoms with Gasteiger partial charge in [0.1, 0.15) is 0 Å². The number of allylic oxidation sites excluding steroid dienone is 1. The molecule has 0 radical (unpaired) electrons. The van der Waals surface area contributed by atoms with E-state index in [1.54, 1.807) is 25.5 Å². The molecule has 2 heterocycles. The van der Waals surface area contributed by atoms with Gasteiger partial charge in [0.15, 0.2) is 17.1 Å². The Morgan fingerprint density at radius 1 is 1.24 bits per heavy atom. The Morgan fingerprint density at radius 3 is 2.76 bits per heavy atom. The van der Waals surface area contributed by atoms with Gasteiger partial charge in [-0.2, -0.15) is 5.10 Å². The van der Waals surface area contributed by atoms with Crippen molar-refractivity contribution in [2.75, 3.05) is 18.6 Å². The van der Waals surface area contributed by atoms with Crippen LogP contribution >= 0.6 is 0 Å². The number of aryl methyl sites for hydroxylation is 1. The zero-order valence-electron chi connectivity index (χ0n) is 20.2. The van der Waals surface area contributed by atoms with Gasteiger partial charge in [-0.05, 0) is 75.1 Å². The van der Waals surface area contributed by atoms with Crippen LogP contribution in [0.5, 0.6) is 5.75 Å². The molecule has 1 amide bonds. The molecule has 33 heavy (non-hydrogen) atoms. The number of nitrogens with zero attached hydrogens (tertiary/aromatic N) is 2. The minimum atomic E-state index is -0.410. The van der Waals surface area contributed by atoms with Crippen LogP contribution in [-0.4, -0.2) is 31.3 Å². The number of hydrazone groups is 1. The Labute approximate surface area is 194 Å². The summed E-state index contributed by atoms with van der Waals surface area (Å²) >= 11 is 0. The molecule has 6 nitrogen and oxygen atoms in total. The molecule has 1 aliphatic rings. The van der Waals surface area contributed by atoms with Gasteiger partial charge in [0.25, 0.3) is 0 Å². The number of furan rings is 1. The van der Waals surface area contributed by atoms with Gasteiger partial charge in [0, 0.05) is 23.2 Å². The summed E-state index contributed by atoms with van der Waals surface area (Å²) in [5.41, 5.74) is 8.85. The third-order valence-corrected chi connectivity index (χ3v) is 6.13. The van der Waals surface area contributed by atoms with Crippen molar-refractivity contribution in [3.8, 4) is 5.75 Å². The average Bonchev–Trinajstić information content (AvgIpc) is 3.21. The van der Waals surface area contributed by atoms with Gasteiger partial charge in [-0.25, -0.2) is 5.43 Å². The fourth-order valence-corrected chi connectivity index (χ4v) is 4.54. The van der Waals surface area contributed by atoms with Crippen molar-refractivity contribution < 1.29 is 13.9 Å². The molecule has 0 saturated carbocycles. The fourth-order valence-electron chi connectivity index (χ4n) is 4.54. The number of anilines is 1. The number of carbonyl (C=O) groups excluding carboxylic acids is 1. The SMILES string of the molecule is CCCN1c2cc(C)c(/C=N\NC(=O)c3cc4cccc(OC)c4o3)cc2C(C)=CC1(C)C. The van der Waals surface area contributed by atoms with Crippen molar-refractivity contribution in [2.24, 2.45) is 5.10 Å². The van der Waals surface area contributed by atoms with Crippen molar-refractivity contribution >= 4 is 34.4 Å². The number of ether oxygens (including phenoxy) is 1. The topological polar surface area (TPSA) is 67.1 Å². The predicted molar refractivity (Wildman–Crippen MR) is 134 cm³/mol. The quantitative estimate of drug-likeness (QED) is 0.377. The number of methoxy groups -OCH3 is 1. The minimum Gasteiger partial charge on any atom is -0.493 e. The summed E-state index contributed by atoms with van der Waals surface area (Å²) in [5.74, 6) is 0.362. The third-order valence-electron chi connectivity index (χ3n) is 6.13. The van der Waals surface area contributed by atoms with E-state index in [0.29, 0.717) is 11.3 Å². The normalized spacial score (nSPS) is 15.0. The highest BCUT2D eigenvalue weighted by Gasteiger charge is 2.31. The molecule has 0 atom stereocenters. The van der Waals surface area contributed by atoms with Crippen LogP contribution in [0.2, 0.25) is 0 Å². The third kappa shape index (κ3) is 4.25. The monoisotopic (exact) mass is 445 g/mol. The molecule has 3 aromatic rings. The Kier molecular flexibility index (Phi) is 6.02. The van der Waals surface area contributed by atoms with E-state index in [1.165, 1.54) is 16.8 Å². The maximum absolute atomic E-state index is 12.6. The first-order chi connectivity index (χ1) is 15.7. The number of amides is 1. The van der Waals surface area contributed by atoms with E-state index in [-0.39, 0.29) is 11.3 Å². The summed E-state index contributed by atoms with van der Waals surface area (Å²) in [4.78, 5) is 15.0. The number of hydrogen-bond acceptors (Lipinski definition) is 5. The molecule has 172 valence electrons. The Bertz CT molecular complexity index is 1270. The van der Waals surface area contributed by atoms with Crippen molar-refractivity contribution in [3.05, 3.63) is 64.9 Å². The summed E-state index contributed by atoms with van der Waals surface area (Å²) in [7, 11) is 1.57. The summed E-state index contributed by atoms with van der Waals surface area (Å²) < 4.78 is 11.0. The molecule has 0 aliphatic carbocycles. The molecule has 0 bridgehead atoms. The van der Waals surface area contributed by atoms with Crippen LogP contribution in [0.4, 0.5) is 5.69 Å². The van der Waals surface area contributed by atoms with E-state index < -0.39 is 5.91 Å². The van der Waals surface area contributed by atoms with Crippen molar-refractivity contribution in [3.63, 3.8) is 0 Å². The highest BCUT2D eigenvalue weighted by Crippen LogP contribution is 2.40. The molecule has 0 saturated heterocycles. The van der Waals surface area contributed by atoms with Crippen LogP contribution in [0, 0.1) is 6.92 Å². The minimum absolute atomic E-state index is 0.0294. The first kappa shape index (κ1) is 22.6. The van der Waals surface area contributed by atoms with Gasteiger partial charge in [-0.15, -0.1) is 0 Å². The number of carbonyl (C=O) groups is 1. The van der Waals surface area contributed by atoms with Crippen molar-refractivity contribution in [2.45, 2.75) is 46.6 Å². The van der Waals surface area contributed by atoms with Gasteiger partial charge in [0.05, 0.1) is 18.9 Å². The molecule has 4 rings (SSSR count). The number of hydrogen-bond donors (Lipinski definition) is 1. The lowest BCUT2D eigenvalue weighted by Crippen LogP contribution is -2.45. The zero-order valence-corrected chi connectivity index (χ0v) is 20.2. The van der Waals surface area contributed by atoms with Crippen LogP contribution in [0.1, 0.15) is 61.4 Å². The molecule has 0 fully saturated rings. The molecule has 0 spiro atoms. The van der Waals surface area contributed by atoms with E-state index >= 15 is 0 Å². The van der Waals surface area contributed by atoms with Gasteiger partial charge >= 0.3 is 5.91 Å². The van der Waals surface area contributed by atoms with Gasteiger partial charge in [-0.1, -0.05) is 25.1 Å². The van der Waals surface area contributed by atoms with Gasteiger partial charge < -0.3 is 14.1 Å². The highest BCUT2D eigenvalue weighted by atomic mass is 16.5. The Morgan fingerprint density at radius 2 is 2.03 bits per heavy atom. The molecule has 1 aliphatic heterocycles. The van der Waals surface area contributed by atoms with E-state index in [9.17, 15) is 4.79 Å². The lowest BCUT2D eigenvalue weighted by molar-refractivity contribution is 0.0929. The largest absolute Gasteiger partial charge is 0.493 e. The van der Waals surface area contributed by atoms with Crippen LogP contribution < -0.4 is 15.1 Å². The number of fused-ring (bicyclic) bond motifs is 2. The molecule has 0 unspecified atom stereocenters. The standard InChI is InChI=1S/C27H31N3O3/c1-7-11-30-22-12-17(2)20(13-21(22)18(3)15-27(30,4)5)16-28-29-26(31)24-14-19-9-8-10-23(32-6)25(19)33-24/h8-10,12-16H,7,11H2,1-6H3,(H,29,31)/b28-16-. The van der Waals surface area contributed by atoms with E-state index in [1.807, 2.05) is 12.1 Å². The zero-order chi connectivity index (χ0) is 23.8. The molecule has 2 aromatic carbocycles. The van der Waals surface area contributed by atoms with Crippen LogP contribution in [0.25, 0.3) is 16.5 Å². The number of nitrogens with one attached hydrogen (secondary N) is 1. The Balaban J connectivity index is 1.57. The van der Waals surface area contributed by atoms with Crippen LogP contribution in [-0.2, 0) is 0 Å². The van der Waals surface area contributed by atoms with E-state index in [4.69, 9.17) is 9.15 Å². The van der Waals surface area contributed by atoms with Gasteiger partial charge in [-0.3, -0.25) is 4.79 Å². The average molecular weight is 446 g/mol. The number of rotatable bonds is 6. The van der Waals surface area contributed by atoms with Crippen molar-refractivity contribution in [1.82, 2.24) is 5.43 Å². The van der Waals surface area contributed by atoms with E-state index in [2.05, 4.69) is 68.3 Å². The van der Waals surface area contributed by atoms with Gasteiger partial charge in [0.2, 0.25) is 0 Å². The van der Waals surface area contributed by atoms with Crippen LogP contribution in [0.15, 0.2) is 52.0 Å².